The molecule has 0 amide bonds. The van der Waals surface area contributed by atoms with E-state index in [1.807, 2.05) is 6.92 Å². The van der Waals surface area contributed by atoms with Gasteiger partial charge in [0.25, 0.3) is 0 Å². The first kappa shape index (κ1) is 13.0. The largest absolute Gasteiger partial charge is 0.339 e. The van der Waals surface area contributed by atoms with E-state index in [0.29, 0.717) is 23.7 Å². The van der Waals surface area contributed by atoms with Crippen molar-refractivity contribution >= 4 is 11.6 Å². The maximum Gasteiger partial charge on any atom is 0.228 e. The van der Waals surface area contributed by atoms with Crippen molar-refractivity contribution in [1.29, 1.82) is 0 Å². The first-order valence-electron chi connectivity index (χ1n) is 5.63. The Hall–Kier alpha value is -1.46. The molecule has 1 aromatic carbocycles. The predicted molar refractivity (Wildman–Crippen MR) is 66.7 cm³/mol. The molecule has 0 radical (unpaired) electrons. The molecular formula is C12H13ClFN3O. The third-order valence-electron chi connectivity index (χ3n) is 2.60. The minimum atomic E-state index is -0.402. The lowest BCUT2D eigenvalue weighted by Crippen LogP contribution is -2.21. The van der Waals surface area contributed by atoms with Crippen molar-refractivity contribution in [2.45, 2.75) is 25.8 Å². The summed E-state index contributed by atoms with van der Waals surface area (Å²) >= 11 is 5.92. The lowest BCUT2D eigenvalue weighted by atomic mass is 10.2. The molecule has 0 aliphatic heterocycles. The van der Waals surface area contributed by atoms with Crippen LogP contribution in [0.4, 0.5) is 4.39 Å². The van der Waals surface area contributed by atoms with E-state index in [2.05, 4.69) is 10.1 Å². The van der Waals surface area contributed by atoms with Gasteiger partial charge in [-0.2, -0.15) is 4.98 Å². The zero-order valence-corrected chi connectivity index (χ0v) is 10.6. The second-order valence-electron chi connectivity index (χ2n) is 4.01. The molecule has 2 N–H and O–H groups in total. The lowest BCUT2D eigenvalue weighted by molar-refractivity contribution is 0.368. The van der Waals surface area contributed by atoms with E-state index in [1.54, 1.807) is 0 Å². The maximum absolute atomic E-state index is 12.9. The fourth-order valence-electron chi connectivity index (χ4n) is 1.49. The number of hydrogen-bond acceptors (Lipinski definition) is 4. The normalized spacial score (nSPS) is 12.7. The maximum atomic E-state index is 12.9. The molecule has 96 valence electrons. The molecule has 1 aromatic heterocycles. The number of halogens is 2. The third kappa shape index (κ3) is 2.86. The highest BCUT2D eigenvalue weighted by molar-refractivity contribution is 6.33. The number of benzene rings is 1. The predicted octanol–water partition coefficient (Wildman–Crippen LogP) is 2.81. The van der Waals surface area contributed by atoms with Crippen LogP contribution in [-0.2, 0) is 6.42 Å². The Balaban J connectivity index is 2.24. The molecule has 0 fully saturated rings. The molecule has 2 aromatic rings. The monoisotopic (exact) mass is 269 g/mol. The summed E-state index contributed by atoms with van der Waals surface area (Å²) in [7, 11) is 0. The van der Waals surface area contributed by atoms with Crippen LogP contribution >= 0.6 is 11.6 Å². The fraction of sp³-hybridized carbons (Fsp3) is 0.333. The van der Waals surface area contributed by atoms with Gasteiger partial charge in [0.05, 0.1) is 5.02 Å². The van der Waals surface area contributed by atoms with Crippen molar-refractivity contribution in [2.24, 2.45) is 5.73 Å². The summed E-state index contributed by atoms with van der Waals surface area (Å²) in [6.07, 6.45) is 1.34. The van der Waals surface area contributed by atoms with E-state index in [0.717, 1.165) is 6.42 Å². The van der Waals surface area contributed by atoms with Crippen LogP contribution in [0.5, 0.6) is 0 Å². The minimum absolute atomic E-state index is 0.0120. The Morgan fingerprint density at radius 2 is 2.28 bits per heavy atom. The van der Waals surface area contributed by atoms with Gasteiger partial charge in [-0.3, -0.25) is 0 Å². The van der Waals surface area contributed by atoms with Crippen LogP contribution in [0, 0.1) is 5.82 Å². The van der Waals surface area contributed by atoms with Gasteiger partial charge in [-0.25, -0.2) is 4.39 Å². The van der Waals surface area contributed by atoms with E-state index in [1.165, 1.54) is 18.2 Å². The van der Waals surface area contributed by atoms with Crippen LogP contribution in [0.25, 0.3) is 11.4 Å². The molecule has 2 rings (SSSR count). The number of nitrogens with two attached hydrogens (primary N) is 1. The Morgan fingerprint density at radius 1 is 1.50 bits per heavy atom. The Morgan fingerprint density at radius 3 is 2.94 bits per heavy atom. The first-order chi connectivity index (χ1) is 8.60. The van der Waals surface area contributed by atoms with E-state index < -0.39 is 5.82 Å². The molecule has 18 heavy (non-hydrogen) atoms. The van der Waals surface area contributed by atoms with Gasteiger partial charge < -0.3 is 10.3 Å². The van der Waals surface area contributed by atoms with Crippen LogP contribution in [0.1, 0.15) is 19.2 Å². The Labute approximate surface area is 109 Å². The van der Waals surface area contributed by atoms with Gasteiger partial charge in [0, 0.05) is 18.0 Å². The van der Waals surface area contributed by atoms with Crippen molar-refractivity contribution in [1.82, 2.24) is 10.1 Å². The summed E-state index contributed by atoms with van der Waals surface area (Å²) in [5, 5.41) is 4.07. The van der Waals surface area contributed by atoms with Crippen molar-refractivity contribution in [3.63, 3.8) is 0 Å². The summed E-state index contributed by atoms with van der Waals surface area (Å²) in [5.41, 5.74) is 6.34. The highest BCUT2D eigenvalue weighted by Gasteiger charge is 2.14. The number of rotatable bonds is 4. The van der Waals surface area contributed by atoms with E-state index in [-0.39, 0.29) is 11.1 Å². The molecule has 0 saturated carbocycles. The van der Waals surface area contributed by atoms with Crippen LogP contribution in [0.15, 0.2) is 22.7 Å². The summed E-state index contributed by atoms with van der Waals surface area (Å²) in [6.45, 7) is 1.98. The summed E-state index contributed by atoms with van der Waals surface area (Å²) < 4.78 is 18.0. The summed E-state index contributed by atoms with van der Waals surface area (Å²) in [4.78, 5) is 4.19. The van der Waals surface area contributed by atoms with Gasteiger partial charge in [0.1, 0.15) is 5.82 Å². The molecule has 0 bridgehead atoms. The number of hydrogen-bond donors (Lipinski definition) is 1. The minimum Gasteiger partial charge on any atom is -0.339 e. The molecule has 1 heterocycles. The highest BCUT2D eigenvalue weighted by atomic mass is 35.5. The van der Waals surface area contributed by atoms with E-state index in [9.17, 15) is 4.39 Å². The van der Waals surface area contributed by atoms with Crippen LogP contribution < -0.4 is 5.73 Å². The van der Waals surface area contributed by atoms with Crippen LogP contribution in [0.3, 0.4) is 0 Å². The van der Waals surface area contributed by atoms with Gasteiger partial charge in [-0.05, 0) is 24.6 Å². The van der Waals surface area contributed by atoms with Gasteiger partial charge in [0.15, 0.2) is 0 Å². The SMILES string of the molecule is CCC(N)Cc1nc(-c2ccc(F)cc2Cl)no1. The average molecular weight is 270 g/mol. The van der Waals surface area contributed by atoms with Crippen molar-refractivity contribution in [3.8, 4) is 11.4 Å². The zero-order chi connectivity index (χ0) is 13.1. The lowest BCUT2D eigenvalue weighted by Gasteiger charge is -2.02. The second-order valence-corrected chi connectivity index (χ2v) is 4.42. The molecule has 1 atom stereocenters. The summed E-state index contributed by atoms with van der Waals surface area (Å²) in [6, 6.07) is 4.02. The van der Waals surface area contributed by atoms with E-state index in [4.69, 9.17) is 21.9 Å². The smallest absolute Gasteiger partial charge is 0.228 e. The van der Waals surface area contributed by atoms with Crippen molar-refractivity contribution in [2.75, 3.05) is 0 Å². The average Bonchev–Trinajstić information content (AvgIpc) is 2.77. The highest BCUT2D eigenvalue weighted by Crippen LogP contribution is 2.26. The topological polar surface area (TPSA) is 64.9 Å². The molecule has 0 aliphatic carbocycles. The quantitative estimate of drug-likeness (QED) is 0.927. The molecule has 6 heteroatoms. The molecule has 1 unspecified atom stereocenters. The van der Waals surface area contributed by atoms with Gasteiger partial charge in [-0.1, -0.05) is 23.7 Å². The van der Waals surface area contributed by atoms with Crippen molar-refractivity contribution < 1.29 is 8.91 Å². The molecule has 0 saturated heterocycles. The van der Waals surface area contributed by atoms with Gasteiger partial charge in [-0.15, -0.1) is 0 Å². The number of nitrogens with zero attached hydrogens (tertiary/aromatic N) is 2. The molecule has 0 aliphatic rings. The molecule has 4 nitrogen and oxygen atoms in total. The standard InChI is InChI=1S/C12H13ClFN3O/c1-2-8(15)6-11-16-12(17-18-11)9-4-3-7(14)5-10(9)13/h3-5,8H,2,6,15H2,1H3. The third-order valence-corrected chi connectivity index (χ3v) is 2.91. The molecule has 0 spiro atoms. The summed E-state index contributed by atoms with van der Waals surface area (Å²) in [5.74, 6) is 0.401. The Kier molecular flexibility index (Phi) is 3.93. The van der Waals surface area contributed by atoms with Crippen LogP contribution in [0.2, 0.25) is 5.02 Å². The van der Waals surface area contributed by atoms with E-state index >= 15 is 0 Å². The molecular weight excluding hydrogens is 257 g/mol. The first-order valence-corrected chi connectivity index (χ1v) is 6.01. The second kappa shape index (κ2) is 5.46. The van der Waals surface area contributed by atoms with Crippen LogP contribution in [-0.4, -0.2) is 16.2 Å². The van der Waals surface area contributed by atoms with Gasteiger partial charge >= 0.3 is 0 Å². The number of aromatic nitrogens is 2. The Bertz CT molecular complexity index is 544. The zero-order valence-electron chi connectivity index (χ0n) is 9.86. The fourth-order valence-corrected chi connectivity index (χ4v) is 1.74. The van der Waals surface area contributed by atoms with Crippen molar-refractivity contribution in [3.05, 3.63) is 34.9 Å². The van der Waals surface area contributed by atoms with Gasteiger partial charge in [0.2, 0.25) is 11.7 Å².